The van der Waals surface area contributed by atoms with Crippen molar-refractivity contribution in [3.63, 3.8) is 0 Å². The standard InChI is InChI=1S/C12H12Cl2FN3O4/c1-5(19)7-8(20)12(14,2-3-13)10(22-7)18-4-6(15)9(16)17-11(18)21/h4-5,7-8,10,19-20H,1H3,(H2,16,17,21)/t5-,7+,8-,10+,12?/m0/s1. The molecule has 1 aliphatic rings. The summed E-state index contributed by atoms with van der Waals surface area (Å²) >= 11 is 11.6. The second-order valence-electron chi connectivity index (χ2n) is 4.79. The van der Waals surface area contributed by atoms with E-state index in [0.717, 1.165) is 6.20 Å². The fourth-order valence-corrected chi connectivity index (χ4v) is 2.72. The minimum absolute atomic E-state index is 0.588. The molecule has 1 aromatic heterocycles. The number of nitrogens with zero attached hydrogens (tertiary/aromatic N) is 2. The van der Waals surface area contributed by atoms with E-state index >= 15 is 0 Å². The molecular formula is C12H12Cl2FN3O4. The first kappa shape index (κ1) is 17.0. The van der Waals surface area contributed by atoms with E-state index in [0.29, 0.717) is 4.57 Å². The first-order chi connectivity index (χ1) is 10.2. The first-order valence-electron chi connectivity index (χ1n) is 6.09. The monoisotopic (exact) mass is 351 g/mol. The van der Waals surface area contributed by atoms with Crippen LogP contribution in [0.2, 0.25) is 0 Å². The van der Waals surface area contributed by atoms with Crippen molar-refractivity contribution >= 4 is 29.0 Å². The molecule has 0 aliphatic carbocycles. The van der Waals surface area contributed by atoms with Crippen LogP contribution >= 0.6 is 23.2 Å². The Bertz CT molecular complexity index is 702. The number of alkyl halides is 1. The smallest absolute Gasteiger partial charge is 0.351 e. The number of nitrogens with two attached hydrogens (primary N) is 1. The number of aromatic nitrogens is 2. The Morgan fingerprint density at radius 1 is 1.68 bits per heavy atom. The van der Waals surface area contributed by atoms with Gasteiger partial charge in [-0.05, 0) is 18.5 Å². The normalized spacial score (nSPS) is 32.4. The zero-order chi connectivity index (χ0) is 16.7. The molecule has 1 saturated heterocycles. The van der Waals surface area contributed by atoms with E-state index in [1.165, 1.54) is 6.92 Å². The lowest BCUT2D eigenvalue weighted by Gasteiger charge is -2.25. The van der Waals surface area contributed by atoms with Gasteiger partial charge in [-0.1, -0.05) is 17.5 Å². The molecule has 1 unspecified atom stereocenters. The molecule has 22 heavy (non-hydrogen) atoms. The average Bonchev–Trinajstić information content (AvgIpc) is 2.68. The van der Waals surface area contributed by atoms with Gasteiger partial charge >= 0.3 is 5.69 Å². The van der Waals surface area contributed by atoms with E-state index in [4.69, 9.17) is 33.7 Å². The summed E-state index contributed by atoms with van der Waals surface area (Å²) in [6, 6.07) is 0. The number of aliphatic hydroxyl groups excluding tert-OH is 2. The van der Waals surface area contributed by atoms with Gasteiger partial charge in [0.2, 0.25) is 0 Å². The Hall–Kier alpha value is -1.37. The van der Waals surface area contributed by atoms with Crippen LogP contribution in [0.4, 0.5) is 10.2 Å². The summed E-state index contributed by atoms with van der Waals surface area (Å²) in [7, 11) is 0. The maximum absolute atomic E-state index is 13.6. The second-order valence-corrected chi connectivity index (χ2v) is 5.60. The summed E-state index contributed by atoms with van der Waals surface area (Å²) < 4.78 is 19.7. The van der Waals surface area contributed by atoms with Gasteiger partial charge in [-0.25, -0.2) is 9.18 Å². The first-order valence-corrected chi connectivity index (χ1v) is 6.85. The average molecular weight is 352 g/mol. The molecule has 120 valence electrons. The van der Waals surface area contributed by atoms with E-state index in [1.54, 1.807) is 0 Å². The van der Waals surface area contributed by atoms with Crippen molar-refractivity contribution in [2.75, 3.05) is 5.73 Å². The van der Waals surface area contributed by atoms with Gasteiger partial charge in [0, 0.05) is 5.38 Å². The topological polar surface area (TPSA) is 111 Å². The van der Waals surface area contributed by atoms with Crippen LogP contribution < -0.4 is 11.4 Å². The van der Waals surface area contributed by atoms with Crippen LogP contribution in [0.5, 0.6) is 0 Å². The van der Waals surface area contributed by atoms with Gasteiger partial charge in [0.05, 0.1) is 12.3 Å². The molecule has 5 atom stereocenters. The van der Waals surface area contributed by atoms with Gasteiger partial charge in [-0.3, -0.25) is 4.57 Å². The van der Waals surface area contributed by atoms with Crippen LogP contribution in [0.25, 0.3) is 0 Å². The summed E-state index contributed by atoms with van der Waals surface area (Å²) in [5, 5.41) is 21.9. The zero-order valence-electron chi connectivity index (χ0n) is 11.2. The third kappa shape index (κ3) is 2.66. The van der Waals surface area contributed by atoms with Crippen LogP contribution in [0.1, 0.15) is 13.2 Å². The number of aliphatic hydroxyl groups is 2. The Morgan fingerprint density at radius 2 is 2.32 bits per heavy atom. The van der Waals surface area contributed by atoms with Crippen molar-refractivity contribution in [3.8, 4) is 11.3 Å². The number of hydrogen-bond donors (Lipinski definition) is 3. The molecule has 2 heterocycles. The molecule has 1 aromatic rings. The van der Waals surface area contributed by atoms with E-state index in [-0.39, 0.29) is 0 Å². The van der Waals surface area contributed by atoms with Crippen molar-refractivity contribution < 1.29 is 19.3 Å². The predicted molar refractivity (Wildman–Crippen MR) is 76.7 cm³/mol. The summed E-state index contributed by atoms with van der Waals surface area (Å²) in [6.45, 7) is 1.35. The molecular weight excluding hydrogens is 340 g/mol. The summed E-state index contributed by atoms with van der Waals surface area (Å²) in [5.74, 6) is 0.755. The van der Waals surface area contributed by atoms with Crippen LogP contribution in [-0.4, -0.2) is 43.0 Å². The Balaban J connectivity index is 2.59. The third-order valence-corrected chi connectivity index (χ3v) is 3.89. The van der Waals surface area contributed by atoms with Gasteiger partial charge in [-0.2, -0.15) is 4.98 Å². The van der Waals surface area contributed by atoms with Crippen molar-refractivity contribution in [1.82, 2.24) is 9.55 Å². The molecule has 4 N–H and O–H groups in total. The van der Waals surface area contributed by atoms with Crippen molar-refractivity contribution in [2.45, 2.75) is 36.3 Å². The number of ether oxygens (including phenoxy) is 1. The third-order valence-electron chi connectivity index (χ3n) is 3.29. The van der Waals surface area contributed by atoms with Gasteiger partial charge in [0.25, 0.3) is 0 Å². The zero-order valence-corrected chi connectivity index (χ0v) is 12.7. The van der Waals surface area contributed by atoms with Crippen LogP contribution in [-0.2, 0) is 4.74 Å². The number of anilines is 1. The molecule has 1 fully saturated rings. The lowest BCUT2D eigenvalue weighted by molar-refractivity contribution is -0.0774. The number of hydrogen-bond acceptors (Lipinski definition) is 6. The number of halogens is 3. The molecule has 0 amide bonds. The highest BCUT2D eigenvalue weighted by atomic mass is 35.5. The minimum Gasteiger partial charge on any atom is -0.391 e. The highest BCUT2D eigenvalue weighted by molar-refractivity contribution is 6.32. The minimum atomic E-state index is -1.88. The van der Waals surface area contributed by atoms with Gasteiger partial charge < -0.3 is 20.7 Å². The lowest BCUT2D eigenvalue weighted by atomic mass is 9.97. The van der Waals surface area contributed by atoms with Gasteiger partial charge in [-0.15, -0.1) is 0 Å². The number of nitrogen functional groups attached to an aromatic ring is 1. The van der Waals surface area contributed by atoms with E-state index in [2.05, 4.69) is 10.9 Å². The summed E-state index contributed by atoms with van der Waals surface area (Å²) in [4.78, 5) is 13.3. The van der Waals surface area contributed by atoms with Crippen LogP contribution in [0.15, 0.2) is 11.0 Å². The predicted octanol–water partition coefficient (Wildman–Crippen LogP) is -0.219. The van der Waals surface area contributed by atoms with Gasteiger partial charge in [0.1, 0.15) is 12.2 Å². The van der Waals surface area contributed by atoms with Crippen molar-refractivity contribution in [2.24, 2.45) is 0 Å². The molecule has 0 spiro atoms. The van der Waals surface area contributed by atoms with Crippen molar-refractivity contribution in [3.05, 3.63) is 22.5 Å². The van der Waals surface area contributed by atoms with Crippen molar-refractivity contribution in [1.29, 1.82) is 0 Å². The fourth-order valence-electron chi connectivity index (χ4n) is 2.19. The second kappa shape index (κ2) is 6.02. The maximum atomic E-state index is 13.6. The van der Waals surface area contributed by atoms with Crippen LogP contribution in [0.3, 0.4) is 0 Å². The fraction of sp³-hybridized carbons (Fsp3) is 0.500. The molecule has 7 nitrogen and oxygen atoms in total. The largest absolute Gasteiger partial charge is 0.391 e. The Morgan fingerprint density at radius 3 is 2.86 bits per heavy atom. The Kier molecular flexibility index (Phi) is 4.65. The molecule has 1 aliphatic heterocycles. The Labute approximate surface area is 134 Å². The maximum Gasteiger partial charge on any atom is 0.351 e. The number of rotatable bonds is 2. The summed E-state index contributed by atoms with van der Waals surface area (Å²) in [5.41, 5.74) is 4.25. The van der Waals surface area contributed by atoms with E-state index in [1.807, 2.05) is 5.38 Å². The lowest BCUT2D eigenvalue weighted by Crippen LogP contribution is -2.44. The SMILES string of the molecule is C[C@H](O)[C@H]1O[C@@H](n2cc(F)c(N)nc2=O)C(Cl)(C#CCl)[C@H]1O. The molecule has 0 radical (unpaired) electrons. The van der Waals surface area contributed by atoms with E-state index < -0.39 is 46.7 Å². The quantitative estimate of drug-likeness (QED) is 0.502. The summed E-state index contributed by atoms with van der Waals surface area (Å²) in [6.07, 6.45) is -4.47. The molecule has 0 saturated carbocycles. The highest BCUT2D eigenvalue weighted by Gasteiger charge is 2.57. The molecule has 10 heteroatoms. The highest BCUT2D eigenvalue weighted by Crippen LogP contribution is 2.43. The molecule has 0 bridgehead atoms. The van der Waals surface area contributed by atoms with E-state index in [9.17, 15) is 19.4 Å². The molecule has 0 aromatic carbocycles. The molecule has 2 rings (SSSR count). The van der Waals surface area contributed by atoms with Gasteiger partial charge in [0.15, 0.2) is 22.7 Å². The van der Waals surface area contributed by atoms with Crippen LogP contribution in [0, 0.1) is 17.1 Å².